The first-order valence-corrected chi connectivity index (χ1v) is 7.19. The minimum atomic E-state index is -0.291. The second kappa shape index (κ2) is 6.31. The zero-order valence-corrected chi connectivity index (χ0v) is 12.5. The zero-order chi connectivity index (χ0) is 16.2. The standard InChI is InChI=1S/C17H15N3O3/c1-2-23-12-6-3-5-11(9-12)16(21)20-14-8-4-7-13-15(14)18-10-19-17(13)22/h3-10H,2H2,1H3,(H,20,21)(H,18,19,22). The molecule has 0 aliphatic rings. The molecule has 0 unspecified atom stereocenters. The number of fused-ring (bicyclic) bond motifs is 1. The van der Waals surface area contributed by atoms with Crippen molar-refractivity contribution in [2.75, 3.05) is 11.9 Å². The lowest BCUT2D eigenvalue weighted by Gasteiger charge is -2.09. The SMILES string of the molecule is CCOc1cccc(C(=O)Nc2cccc3c(=O)[nH]cnc23)c1. The summed E-state index contributed by atoms with van der Waals surface area (Å²) in [5.74, 6) is 0.341. The van der Waals surface area contributed by atoms with Crippen molar-refractivity contribution in [1.29, 1.82) is 0 Å². The molecule has 3 rings (SSSR count). The number of para-hydroxylation sites is 1. The van der Waals surface area contributed by atoms with Gasteiger partial charge in [-0.05, 0) is 37.3 Å². The van der Waals surface area contributed by atoms with E-state index in [0.717, 1.165) is 0 Å². The summed E-state index contributed by atoms with van der Waals surface area (Å²) in [5.41, 5.74) is 1.16. The van der Waals surface area contributed by atoms with Gasteiger partial charge in [0.15, 0.2) is 0 Å². The number of aromatic amines is 1. The number of carbonyl (C=O) groups is 1. The van der Waals surface area contributed by atoms with Crippen LogP contribution in [0.2, 0.25) is 0 Å². The van der Waals surface area contributed by atoms with Crippen molar-refractivity contribution < 1.29 is 9.53 Å². The molecule has 0 spiro atoms. The summed E-state index contributed by atoms with van der Waals surface area (Å²) >= 11 is 0. The molecule has 6 heteroatoms. The quantitative estimate of drug-likeness (QED) is 0.776. The molecule has 0 fully saturated rings. The highest BCUT2D eigenvalue weighted by Gasteiger charge is 2.11. The Bertz CT molecular complexity index is 918. The Kier molecular flexibility index (Phi) is 4.05. The molecule has 1 aromatic heterocycles. The van der Waals surface area contributed by atoms with Gasteiger partial charge in [-0.3, -0.25) is 9.59 Å². The lowest BCUT2D eigenvalue weighted by molar-refractivity contribution is 0.102. The summed E-state index contributed by atoms with van der Waals surface area (Å²) in [5, 5.41) is 3.21. The number of rotatable bonds is 4. The first-order valence-electron chi connectivity index (χ1n) is 7.19. The topological polar surface area (TPSA) is 84.1 Å². The Morgan fingerprint density at radius 3 is 2.91 bits per heavy atom. The van der Waals surface area contributed by atoms with Gasteiger partial charge in [0, 0.05) is 5.56 Å². The maximum atomic E-state index is 12.4. The van der Waals surface area contributed by atoms with Crippen LogP contribution in [0.15, 0.2) is 53.6 Å². The number of carbonyl (C=O) groups excluding carboxylic acids is 1. The van der Waals surface area contributed by atoms with Crippen molar-refractivity contribution in [3.05, 3.63) is 64.7 Å². The molecule has 0 bridgehead atoms. The number of anilines is 1. The van der Waals surface area contributed by atoms with E-state index in [1.54, 1.807) is 42.5 Å². The Morgan fingerprint density at radius 2 is 2.09 bits per heavy atom. The number of hydrogen-bond donors (Lipinski definition) is 2. The third-order valence-corrected chi connectivity index (χ3v) is 3.33. The third-order valence-electron chi connectivity index (χ3n) is 3.33. The average molecular weight is 309 g/mol. The minimum absolute atomic E-state index is 0.246. The fourth-order valence-corrected chi connectivity index (χ4v) is 2.29. The number of ether oxygens (including phenoxy) is 1. The first kappa shape index (κ1) is 14.8. The predicted molar refractivity (Wildman–Crippen MR) is 87.9 cm³/mol. The van der Waals surface area contributed by atoms with Crippen LogP contribution in [-0.2, 0) is 0 Å². The van der Waals surface area contributed by atoms with Gasteiger partial charge in [0.1, 0.15) is 11.3 Å². The number of nitrogens with zero attached hydrogens (tertiary/aromatic N) is 1. The maximum Gasteiger partial charge on any atom is 0.258 e. The highest BCUT2D eigenvalue weighted by atomic mass is 16.5. The molecule has 6 nitrogen and oxygen atoms in total. The summed E-state index contributed by atoms with van der Waals surface area (Å²) in [6.07, 6.45) is 1.32. The number of H-pyrrole nitrogens is 1. The van der Waals surface area contributed by atoms with Crippen LogP contribution in [-0.4, -0.2) is 22.5 Å². The average Bonchev–Trinajstić information content (AvgIpc) is 2.56. The first-order chi connectivity index (χ1) is 11.2. The monoisotopic (exact) mass is 309 g/mol. The van der Waals surface area contributed by atoms with Crippen molar-refractivity contribution in [2.24, 2.45) is 0 Å². The zero-order valence-electron chi connectivity index (χ0n) is 12.5. The molecular formula is C17H15N3O3. The van der Waals surface area contributed by atoms with E-state index >= 15 is 0 Å². The van der Waals surface area contributed by atoms with Gasteiger partial charge in [-0.2, -0.15) is 0 Å². The predicted octanol–water partition coefficient (Wildman–Crippen LogP) is 2.57. The lowest BCUT2D eigenvalue weighted by atomic mass is 10.1. The second-order valence-corrected chi connectivity index (χ2v) is 4.85. The smallest absolute Gasteiger partial charge is 0.258 e. The molecule has 0 saturated carbocycles. The van der Waals surface area contributed by atoms with Crippen molar-refractivity contribution in [3.63, 3.8) is 0 Å². The molecule has 1 amide bonds. The highest BCUT2D eigenvalue weighted by Crippen LogP contribution is 2.20. The fraction of sp³-hybridized carbons (Fsp3) is 0.118. The van der Waals surface area contributed by atoms with Gasteiger partial charge in [-0.1, -0.05) is 12.1 Å². The molecule has 0 saturated heterocycles. The normalized spacial score (nSPS) is 10.5. The number of amides is 1. The van der Waals surface area contributed by atoms with Crippen LogP contribution in [0.4, 0.5) is 5.69 Å². The van der Waals surface area contributed by atoms with E-state index < -0.39 is 0 Å². The van der Waals surface area contributed by atoms with E-state index in [1.807, 2.05) is 6.92 Å². The van der Waals surface area contributed by atoms with Crippen molar-refractivity contribution >= 4 is 22.5 Å². The van der Waals surface area contributed by atoms with Gasteiger partial charge in [-0.15, -0.1) is 0 Å². The van der Waals surface area contributed by atoms with Crippen LogP contribution in [0.25, 0.3) is 10.9 Å². The summed E-state index contributed by atoms with van der Waals surface area (Å²) < 4.78 is 5.40. The molecule has 23 heavy (non-hydrogen) atoms. The molecule has 0 aliphatic carbocycles. The van der Waals surface area contributed by atoms with E-state index in [9.17, 15) is 9.59 Å². The van der Waals surface area contributed by atoms with Crippen molar-refractivity contribution in [1.82, 2.24) is 9.97 Å². The van der Waals surface area contributed by atoms with Crippen LogP contribution in [0.1, 0.15) is 17.3 Å². The Hall–Kier alpha value is -3.15. The van der Waals surface area contributed by atoms with E-state index in [2.05, 4.69) is 15.3 Å². The molecule has 1 heterocycles. The Balaban J connectivity index is 1.93. The van der Waals surface area contributed by atoms with Crippen molar-refractivity contribution in [2.45, 2.75) is 6.92 Å². The van der Waals surface area contributed by atoms with Crippen LogP contribution >= 0.6 is 0 Å². The van der Waals surface area contributed by atoms with Gasteiger partial charge in [0.05, 0.1) is 24.0 Å². The lowest BCUT2D eigenvalue weighted by Crippen LogP contribution is -2.14. The van der Waals surface area contributed by atoms with Crippen LogP contribution in [0.5, 0.6) is 5.75 Å². The number of nitrogens with one attached hydrogen (secondary N) is 2. The molecule has 3 aromatic rings. The van der Waals surface area contributed by atoms with Gasteiger partial charge in [0.2, 0.25) is 0 Å². The summed E-state index contributed by atoms with van der Waals surface area (Å²) in [7, 11) is 0. The number of aromatic nitrogens is 2. The number of hydrogen-bond acceptors (Lipinski definition) is 4. The Morgan fingerprint density at radius 1 is 1.26 bits per heavy atom. The van der Waals surface area contributed by atoms with E-state index in [1.165, 1.54) is 6.33 Å². The molecule has 0 atom stereocenters. The summed E-state index contributed by atoms with van der Waals surface area (Å²) in [4.78, 5) is 30.9. The van der Waals surface area contributed by atoms with Gasteiger partial charge < -0.3 is 15.0 Å². The summed E-state index contributed by atoms with van der Waals surface area (Å²) in [6.45, 7) is 2.41. The van der Waals surface area contributed by atoms with Gasteiger partial charge in [0.25, 0.3) is 11.5 Å². The van der Waals surface area contributed by atoms with E-state index in [0.29, 0.717) is 34.5 Å². The molecule has 0 radical (unpaired) electrons. The molecule has 2 aromatic carbocycles. The van der Waals surface area contributed by atoms with Gasteiger partial charge >= 0.3 is 0 Å². The van der Waals surface area contributed by atoms with E-state index in [-0.39, 0.29) is 11.5 Å². The maximum absolute atomic E-state index is 12.4. The largest absolute Gasteiger partial charge is 0.494 e. The van der Waals surface area contributed by atoms with Crippen molar-refractivity contribution in [3.8, 4) is 5.75 Å². The molecule has 0 aliphatic heterocycles. The minimum Gasteiger partial charge on any atom is -0.494 e. The van der Waals surface area contributed by atoms with E-state index in [4.69, 9.17) is 4.74 Å². The van der Waals surface area contributed by atoms with Crippen LogP contribution < -0.4 is 15.6 Å². The van der Waals surface area contributed by atoms with Gasteiger partial charge in [-0.25, -0.2) is 4.98 Å². The molecular weight excluding hydrogens is 294 g/mol. The Labute approximate surface area is 132 Å². The molecule has 2 N–H and O–H groups in total. The number of benzene rings is 2. The second-order valence-electron chi connectivity index (χ2n) is 4.85. The third kappa shape index (κ3) is 3.06. The molecule has 116 valence electrons. The van der Waals surface area contributed by atoms with Crippen LogP contribution in [0, 0.1) is 0 Å². The van der Waals surface area contributed by atoms with Crippen LogP contribution in [0.3, 0.4) is 0 Å². The summed E-state index contributed by atoms with van der Waals surface area (Å²) in [6, 6.07) is 12.0. The fourth-order valence-electron chi connectivity index (χ4n) is 2.29. The highest BCUT2D eigenvalue weighted by molar-refractivity contribution is 6.08.